The molecule has 1 saturated heterocycles. The summed E-state index contributed by atoms with van der Waals surface area (Å²) >= 11 is 0. The average molecular weight is 464 g/mol. The highest BCUT2D eigenvalue weighted by molar-refractivity contribution is 5.97. The molecule has 2 N–H and O–H groups in total. The first kappa shape index (κ1) is 24.0. The minimum absolute atomic E-state index is 0.0159. The topological polar surface area (TPSA) is 92.7 Å². The highest BCUT2D eigenvalue weighted by Crippen LogP contribution is 2.50. The van der Waals surface area contributed by atoms with Crippen molar-refractivity contribution in [3.63, 3.8) is 0 Å². The predicted molar refractivity (Wildman–Crippen MR) is 129 cm³/mol. The first-order valence-electron chi connectivity index (χ1n) is 12.0. The summed E-state index contributed by atoms with van der Waals surface area (Å²) < 4.78 is 6.12. The molecule has 0 radical (unpaired) electrons. The van der Waals surface area contributed by atoms with Gasteiger partial charge in [0, 0.05) is 23.8 Å². The summed E-state index contributed by atoms with van der Waals surface area (Å²) in [6, 6.07) is 6.73. The number of hydrogen-bond donors (Lipinski definition) is 2. The molecule has 1 spiro atoms. The second-order valence-electron chi connectivity index (χ2n) is 9.99. The number of esters is 1. The molecule has 0 saturated carbocycles. The zero-order chi connectivity index (χ0) is 24.6. The number of rotatable bonds is 2. The number of carbonyl (C=O) groups excluding carboxylic acids is 3. The number of carbonyl (C=O) groups is 3. The van der Waals surface area contributed by atoms with Crippen molar-refractivity contribution in [2.45, 2.75) is 58.6 Å². The zero-order valence-corrected chi connectivity index (χ0v) is 20.2. The van der Waals surface area contributed by atoms with E-state index in [9.17, 15) is 19.5 Å². The summed E-state index contributed by atoms with van der Waals surface area (Å²) in [7, 11) is 0. The van der Waals surface area contributed by atoms with E-state index in [1.807, 2.05) is 37.3 Å². The van der Waals surface area contributed by atoms with Gasteiger partial charge in [-0.1, -0.05) is 55.9 Å². The van der Waals surface area contributed by atoms with Crippen LogP contribution in [-0.2, 0) is 25.5 Å². The third-order valence-electron chi connectivity index (χ3n) is 7.71. The van der Waals surface area contributed by atoms with E-state index >= 15 is 0 Å². The van der Waals surface area contributed by atoms with Crippen LogP contribution in [0.4, 0.5) is 0 Å². The van der Waals surface area contributed by atoms with Crippen molar-refractivity contribution >= 4 is 17.7 Å². The number of nitrogens with one attached hydrogen (secondary N) is 1. The minimum atomic E-state index is -1.34. The Labute approximate surface area is 200 Å². The largest absolute Gasteiger partial charge is 0.508 e. The van der Waals surface area contributed by atoms with Gasteiger partial charge in [0.15, 0.2) is 5.78 Å². The van der Waals surface area contributed by atoms with Crippen molar-refractivity contribution in [2.75, 3.05) is 0 Å². The number of ether oxygens (including phenoxy) is 1. The molecule has 34 heavy (non-hydrogen) atoms. The molecular formula is C28H33NO5. The summed E-state index contributed by atoms with van der Waals surface area (Å²) in [6.45, 7) is 7.74. The van der Waals surface area contributed by atoms with E-state index in [-0.39, 0.29) is 47.7 Å². The Morgan fingerprint density at radius 2 is 1.82 bits per heavy atom. The molecule has 1 aliphatic carbocycles. The van der Waals surface area contributed by atoms with E-state index in [1.54, 1.807) is 25.1 Å². The van der Waals surface area contributed by atoms with E-state index in [1.165, 1.54) is 0 Å². The molecule has 1 fully saturated rings. The molecule has 6 heteroatoms. The van der Waals surface area contributed by atoms with Gasteiger partial charge in [-0.2, -0.15) is 0 Å². The molecule has 6 atom stereocenters. The van der Waals surface area contributed by atoms with Crippen molar-refractivity contribution in [1.82, 2.24) is 5.32 Å². The zero-order valence-electron chi connectivity index (χ0n) is 20.2. The van der Waals surface area contributed by atoms with Crippen molar-refractivity contribution < 1.29 is 24.2 Å². The molecule has 1 aromatic rings. The number of benzene rings is 1. The van der Waals surface area contributed by atoms with Gasteiger partial charge in [-0.25, -0.2) is 0 Å². The van der Waals surface area contributed by atoms with Crippen LogP contribution in [0.25, 0.3) is 0 Å². The fourth-order valence-corrected chi connectivity index (χ4v) is 5.69. The van der Waals surface area contributed by atoms with Crippen LogP contribution < -0.4 is 5.32 Å². The lowest BCUT2D eigenvalue weighted by Crippen LogP contribution is -2.56. The fraction of sp³-hybridized carbons (Fsp3) is 0.464. The normalized spacial score (nSPS) is 34.0. The summed E-state index contributed by atoms with van der Waals surface area (Å²) in [5, 5.41) is 12.8. The van der Waals surface area contributed by atoms with Crippen LogP contribution in [0, 0.1) is 23.7 Å². The highest BCUT2D eigenvalue weighted by atomic mass is 16.6. The fourth-order valence-electron chi connectivity index (χ4n) is 5.69. The summed E-state index contributed by atoms with van der Waals surface area (Å²) in [5.74, 6) is -1.45. The maximum Gasteiger partial charge on any atom is 0.310 e. The SMILES string of the molecule is CC1=CCC(=O)OC23C(=O)NC(Cc4ccc(O)cc4)C2C(C)C(C)=CC3C=CCC(C)C1=O. The van der Waals surface area contributed by atoms with Crippen LogP contribution >= 0.6 is 0 Å². The van der Waals surface area contributed by atoms with Gasteiger partial charge >= 0.3 is 5.97 Å². The third-order valence-corrected chi connectivity index (χ3v) is 7.71. The lowest BCUT2D eigenvalue weighted by Gasteiger charge is -2.44. The molecule has 0 aromatic heterocycles. The van der Waals surface area contributed by atoms with Gasteiger partial charge in [-0.3, -0.25) is 14.4 Å². The van der Waals surface area contributed by atoms with Crippen LogP contribution in [0.3, 0.4) is 0 Å². The molecule has 4 rings (SSSR count). The van der Waals surface area contributed by atoms with Gasteiger partial charge in [0.1, 0.15) is 5.75 Å². The average Bonchev–Trinajstić information content (AvgIpc) is 3.07. The van der Waals surface area contributed by atoms with E-state index in [2.05, 4.69) is 19.2 Å². The quantitative estimate of drug-likeness (QED) is 0.510. The lowest BCUT2D eigenvalue weighted by molar-refractivity contribution is -0.176. The molecule has 2 aliphatic heterocycles. The van der Waals surface area contributed by atoms with Gasteiger partial charge in [-0.05, 0) is 55.9 Å². The van der Waals surface area contributed by atoms with Crippen LogP contribution in [-0.4, -0.2) is 34.4 Å². The number of phenols is 1. The number of allylic oxidation sites excluding steroid dienone is 3. The van der Waals surface area contributed by atoms with Crippen LogP contribution in [0.2, 0.25) is 0 Å². The predicted octanol–water partition coefficient (Wildman–Crippen LogP) is 4.05. The number of ketones is 1. The molecule has 1 amide bonds. The van der Waals surface area contributed by atoms with Gasteiger partial charge in [-0.15, -0.1) is 0 Å². The number of amides is 1. The molecule has 2 heterocycles. The summed E-state index contributed by atoms with van der Waals surface area (Å²) in [6.07, 6.45) is 8.58. The van der Waals surface area contributed by atoms with Gasteiger partial charge in [0.25, 0.3) is 5.91 Å². The molecule has 1 aromatic carbocycles. The molecule has 6 unspecified atom stereocenters. The van der Waals surface area contributed by atoms with Gasteiger partial charge in [0.2, 0.25) is 5.60 Å². The van der Waals surface area contributed by atoms with Gasteiger partial charge in [0.05, 0.1) is 6.42 Å². The smallest absolute Gasteiger partial charge is 0.310 e. The molecular weight excluding hydrogens is 430 g/mol. The van der Waals surface area contributed by atoms with Crippen molar-refractivity contribution in [3.05, 3.63) is 65.3 Å². The van der Waals surface area contributed by atoms with E-state index < -0.39 is 17.5 Å². The number of hydrogen-bond acceptors (Lipinski definition) is 5. The van der Waals surface area contributed by atoms with Crippen molar-refractivity contribution in [1.29, 1.82) is 0 Å². The Balaban J connectivity index is 1.77. The van der Waals surface area contributed by atoms with Crippen LogP contribution in [0.1, 0.15) is 46.1 Å². The Bertz CT molecular complexity index is 1080. The molecule has 3 aliphatic rings. The van der Waals surface area contributed by atoms with E-state index in [4.69, 9.17) is 4.74 Å². The second-order valence-corrected chi connectivity index (χ2v) is 9.99. The van der Waals surface area contributed by atoms with Gasteiger partial charge < -0.3 is 15.2 Å². The van der Waals surface area contributed by atoms with E-state index in [0.717, 1.165) is 11.1 Å². The standard InChI is InChI=1S/C28H33NO5/c1-16-6-5-7-21-14-18(3)19(4)25-23(15-20-9-11-22(30)12-10-20)29-27(33)28(21,25)34-24(31)13-8-17(2)26(16)32/h5,7-12,14,16,19,21,23,25,30H,6,13,15H2,1-4H3,(H,29,33). The number of aromatic hydroxyl groups is 1. The Kier molecular flexibility index (Phi) is 6.52. The summed E-state index contributed by atoms with van der Waals surface area (Å²) in [5.41, 5.74) is 1.32. The number of Topliss-reactive ketones (excluding diaryl/α,β-unsaturated/α-hetero) is 1. The first-order valence-corrected chi connectivity index (χ1v) is 12.0. The molecule has 0 bridgehead atoms. The highest BCUT2D eigenvalue weighted by Gasteiger charge is 2.64. The molecule has 6 nitrogen and oxygen atoms in total. The molecule has 180 valence electrons. The third kappa shape index (κ3) is 4.22. The van der Waals surface area contributed by atoms with Crippen LogP contribution in [0.15, 0.2) is 59.7 Å². The van der Waals surface area contributed by atoms with E-state index in [0.29, 0.717) is 18.4 Å². The van der Waals surface area contributed by atoms with Crippen molar-refractivity contribution in [2.24, 2.45) is 23.7 Å². The monoisotopic (exact) mass is 463 g/mol. The maximum atomic E-state index is 13.7. The Morgan fingerprint density at radius 1 is 1.12 bits per heavy atom. The Morgan fingerprint density at radius 3 is 2.53 bits per heavy atom. The minimum Gasteiger partial charge on any atom is -0.508 e. The van der Waals surface area contributed by atoms with Crippen LogP contribution in [0.5, 0.6) is 5.75 Å². The number of phenolic OH excluding ortho intramolecular Hbond substituents is 1. The van der Waals surface area contributed by atoms with Crippen molar-refractivity contribution in [3.8, 4) is 5.75 Å². The Hall–Kier alpha value is -3.15. The summed E-state index contributed by atoms with van der Waals surface area (Å²) in [4.78, 5) is 39.3. The first-order chi connectivity index (χ1) is 16.1. The lowest BCUT2D eigenvalue weighted by atomic mass is 9.63. The second kappa shape index (κ2) is 9.24. The maximum absolute atomic E-state index is 13.7.